The van der Waals surface area contributed by atoms with E-state index in [1.807, 2.05) is 5.32 Å². The highest BCUT2D eigenvalue weighted by atomic mass is 16.4. The van der Waals surface area contributed by atoms with Gasteiger partial charge in [0.05, 0.1) is 19.1 Å². The molecule has 0 aliphatic rings. The third kappa shape index (κ3) is 10.6. The zero-order chi connectivity index (χ0) is 26.5. The number of carboxylic acids is 1. The predicted molar refractivity (Wildman–Crippen MR) is 121 cm³/mol. The molecule has 0 bridgehead atoms. The normalized spacial score (nSPS) is 14.0. The number of hydrogen-bond donors (Lipinski definition) is 8. The lowest BCUT2D eigenvalue weighted by Gasteiger charge is -2.24. The van der Waals surface area contributed by atoms with E-state index in [1.54, 1.807) is 30.3 Å². The number of amides is 5. The Balaban J connectivity index is 2.88. The molecule has 5 amide bonds. The highest BCUT2D eigenvalue weighted by molar-refractivity contribution is 5.95. The number of nitrogens with one attached hydrogen (secondary N) is 3. The molecular formula is C21H30N6O8. The summed E-state index contributed by atoms with van der Waals surface area (Å²) in [4.78, 5) is 71.0. The average Bonchev–Trinajstić information content (AvgIpc) is 2.79. The van der Waals surface area contributed by atoms with Crippen molar-refractivity contribution in [3.63, 3.8) is 0 Å². The molecule has 0 saturated heterocycles. The molecule has 0 saturated carbocycles. The molecule has 4 unspecified atom stereocenters. The van der Waals surface area contributed by atoms with E-state index in [2.05, 4.69) is 10.6 Å². The largest absolute Gasteiger partial charge is 0.480 e. The van der Waals surface area contributed by atoms with Crippen LogP contribution >= 0.6 is 0 Å². The van der Waals surface area contributed by atoms with Gasteiger partial charge in [-0.05, 0) is 18.4 Å². The highest BCUT2D eigenvalue weighted by Crippen LogP contribution is 2.04. The molecule has 14 nitrogen and oxygen atoms in total. The van der Waals surface area contributed by atoms with Gasteiger partial charge in [-0.2, -0.15) is 0 Å². The number of carbonyl (C=O) groups is 6. The Kier molecular flexibility index (Phi) is 11.8. The summed E-state index contributed by atoms with van der Waals surface area (Å²) in [5.74, 6) is -6.09. The molecule has 0 aliphatic carbocycles. The van der Waals surface area contributed by atoms with Gasteiger partial charge in [-0.15, -0.1) is 0 Å². The fourth-order valence-electron chi connectivity index (χ4n) is 2.93. The summed E-state index contributed by atoms with van der Waals surface area (Å²) in [7, 11) is 0. The first-order valence-electron chi connectivity index (χ1n) is 10.6. The fraction of sp³-hybridized carbons (Fsp3) is 0.429. The van der Waals surface area contributed by atoms with Crippen molar-refractivity contribution in [1.82, 2.24) is 16.0 Å². The zero-order valence-electron chi connectivity index (χ0n) is 18.8. The molecule has 0 fully saturated rings. The number of benzene rings is 1. The molecule has 0 aromatic heterocycles. The lowest BCUT2D eigenvalue weighted by Crippen LogP contribution is -2.58. The minimum absolute atomic E-state index is 0.162. The summed E-state index contributed by atoms with van der Waals surface area (Å²) in [5, 5.41) is 25.2. The second-order valence-corrected chi connectivity index (χ2v) is 7.68. The van der Waals surface area contributed by atoms with E-state index in [0.717, 1.165) is 5.56 Å². The van der Waals surface area contributed by atoms with Crippen molar-refractivity contribution in [2.75, 3.05) is 6.61 Å². The number of aliphatic hydroxyl groups excluding tert-OH is 1. The fourth-order valence-corrected chi connectivity index (χ4v) is 2.93. The molecule has 192 valence electrons. The Labute approximate surface area is 200 Å². The second kappa shape index (κ2) is 14.3. The molecule has 1 rings (SSSR count). The van der Waals surface area contributed by atoms with Crippen molar-refractivity contribution in [3.8, 4) is 0 Å². The van der Waals surface area contributed by atoms with Gasteiger partial charge in [0, 0.05) is 6.42 Å². The monoisotopic (exact) mass is 494 g/mol. The first-order chi connectivity index (χ1) is 16.4. The molecule has 11 N–H and O–H groups in total. The van der Waals surface area contributed by atoms with Gasteiger partial charge in [0.2, 0.25) is 29.5 Å². The molecule has 1 aromatic carbocycles. The number of hydrogen-bond acceptors (Lipinski definition) is 8. The van der Waals surface area contributed by atoms with E-state index in [9.17, 15) is 33.9 Å². The summed E-state index contributed by atoms with van der Waals surface area (Å²) >= 11 is 0. The molecule has 1 aromatic rings. The van der Waals surface area contributed by atoms with Crippen LogP contribution in [0.25, 0.3) is 0 Å². The van der Waals surface area contributed by atoms with Crippen LogP contribution in [0, 0.1) is 0 Å². The van der Waals surface area contributed by atoms with Crippen molar-refractivity contribution in [2.24, 2.45) is 17.2 Å². The molecule has 14 heteroatoms. The van der Waals surface area contributed by atoms with Crippen LogP contribution in [0.2, 0.25) is 0 Å². The van der Waals surface area contributed by atoms with Crippen LogP contribution in [0.4, 0.5) is 0 Å². The molecule has 0 radical (unpaired) electrons. The predicted octanol–water partition coefficient (Wildman–Crippen LogP) is -3.77. The minimum Gasteiger partial charge on any atom is -0.480 e. The number of aliphatic hydroxyl groups is 1. The van der Waals surface area contributed by atoms with E-state index < -0.39 is 72.7 Å². The number of primary amides is 2. The van der Waals surface area contributed by atoms with E-state index >= 15 is 0 Å². The standard InChI is InChI=1S/C21H30N6O8/c22-12(8-11-4-2-1-3-5-11)18(31)25-13(6-7-16(23)29)19(32)27-15(10-28)20(33)26-14(21(34)35)9-17(24)30/h1-5,12-15,28H,6-10,22H2,(H2,23,29)(H2,24,30)(H,25,31)(H,26,33)(H,27,32)(H,34,35). The zero-order valence-corrected chi connectivity index (χ0v) is 18.8. The first kappa shape index (κ1) is 29.0. The van der Waals surface area contributed by atoms with Crippen LogP contribution in [0.1, 0.15) is 24.8 Å². The van der Waals surface area contributed by atoms with Gasteiger partial charge < -0.3 is 43.4 Å². The highest BCUT2D eigenvalue weighted by Gasteiger charge is 2.30. The van der Waals surface area contributed by atoms with E-state index in [-0.39, 0.29) is 19.3 Å². The van der Waals surface area contributed by atoms with Crippen LogP contribution in [0.15, 0.2) is 30.3 Å². The van der Waals surface area contributed by atoms with E-state index in [4.69, 9.17) is 22.3 Å². The van der Waals surface area contributed by atoms with Gasteiger partial charge in [-0.3, -0.25) is 24.0 Å². The minimum atomic E-state index is -1.69. The van der Waals surface area contributed by atoms with Crippen LogP contribution in [-0.4, -0.2) is 76.5 Å². The summed E-state index contributed by atoms with van der Waals surface area (Å²) in [6.07, 6.45) is -1.08. The molecule has 0 heterocycles. The molecule has 0 spiro atoms. The first-order valence-corrected chi connectivity index (χ1v) is 10.6. The average molecular weight is 495 g/mol. The number of carboxylic acid groups (broad SMARTS) is 1. The van der Waals surface area contributed by atoms with Crippen LogP contribution in [0.3, 0.4) is 0 Å². The molecule has 35 heavy (non-hydrogen) atoms. The van der Waals surface area contributed by atoms with Crippen LogP contribution < -0.4 is 33.2 Å². The Morgan fingerprint density at radius 3 is 1.86 bits per heavy atom. The summed E-state index contributed by atoms with van der Waals surface area (Å²) in [5.41, 5.74) is 16.8. The van der Waals surface area contributed by atoms with Crippen molar-refractivity contribution in [2.45, 2.75) is 49.9 Å². The SMILES string of the molecule is NC(=O)CCC(NC(=O)C(N)Cc1ccccc1)C(=O)NC(CO)C(=O)NC(CC(N)=O)C(=O)O. The van der Waals surface area contributed by atoms with Gasteiger partial charge in [-0.25, -0.2) is 4.79 Å². The molecular weight excluding hydrogens is 464 g/mol. The van der Waals surface area contributed by atoms with E-state index in [1.165, 1.54) is 0 Å². The van der Waals surface area contributed by atoms with Gasteiger partial charge >= 0.3 is 5.97 Å². The third-order valence-corrected chi connectivity index (χ3v) is 4.78. The van der Waals surface area contributed by atoms with Gasteiger partial charge in [0.15, 0.2) is 0 Å². The van der Waals surface area contributed by atoms with Crippen molar-refractivity contribution in [1.29, 1.82) is 0 Å². The van der Waals surface area contributed by atoms with E-state index in [0.29, 0.717) is 0 Å². The number of aliphatic carboxylic acids is 1. The Morgan fingerprint density at radius 1 is 0.800 bits per heavy atom. The maximum atomic E-state index is 12.7. The third-order valence-electron chi connectivity index (χ3n) is 4.78. The Bertz CT molecular complexity index is 926. The van der Waals surface area contributed by atoms with Crippen molar-refractivity contribution in [3.05, 3.63) is 35.9 Å². The Hall–Kier alpha value is -4.04. The summed E-state index contributed by atoms with van der Waals surface area (Å²) in [6.45, 7) is -0.940. The summed E-state index contributed by atoms with van der Waals surface area (Å²) in [6, 6.07) is 3.14. The summed E-state index contributed by atoms with van der Waals surface area (Å²) < 4.78 is 0. The second-order valence-electron chi connectivity index (χ2n) is 7.68. The maximum Gasteiger partial charge on any atom is 0.326 e. The quantitative estimate of drug-likeness (QED) is 0.119. The lowest BCUT2D eigenvalue weighted by atomic mass is 10.0. The smallest absolute Gasteiger partial charge is 0.326 e. The Morgan fingerprint density at radius 2 is 1.34 bits per heavy atom. The number of rotatable bonds is 15. The van der Waals surface area contributed by atoms with Gasteiger partial charge in [0.1, 0.15) is 18.1 Å². The van der Waals surface area contributed by atoms with Crippen LogP contribution in [-0.2, 0) is 35.2 Å². The van der Waals surface area contributed by atoms with Gasteiger partial charge in [-0.1, -0.05) is 30.3 Å². The number of carbonyl (C=O) groups excluding carboxylic acids is 5. The lowest BCUT2D eigenvalue weighted by molar-refractivity contribution is -0.144. The molecule has 0 aliphatic heterocycles. The number of nitrogens with two attached hydrogens (primary N) is 3. The maximum absolute atomic E-state index is 12.7. The topological polar surface area (TPSA) is 257 Å². The molecule has 4 atom stereocenters. The van der Waals surface area contributed by atoms with Crippen LogP contribution in [0.5, 0.6) is 0 Å². The van der Waals surface area contributed by atoms with Crippen molar-refractivity contribution < 1.29 is 39.0 Å². The van der Waals surface area contributed by atoms with Crippen molar-refractivity contribution >= 4 is 35.5 Å². The van der Waals surface area contributed by atoms with Gasteiger partial charge in [0.25, 0.3) is 0 Å².